The SMILES string of the molecule is C[C@@H]1C[C@@H](O)CN1C(=O)[C@@H](NC(=O)CCOCCOCCOCCOCCC(=O)O)C(C)(C)C. The molecular formula is C23H42N2O9. The number of β-amino-alcohol motifs (C(OH)–C–C–N with tert-alkyl or cyclic N) is 1. The lowest BCUT2D eigenvalue weighted by molar-refractivity contribution is -0.140. The molecule has 0 aliphatic carbocycles. The molecule has 1 saturated heterocycles. The van der Waals surface area contributed by atoms with Crippen molar-refractivity contribution in [1.82, 2.24) is 10.2 Å². The van der Waals surface area contributed by atoms with Crippen molar-refractivity contribution in [3.05, 3.63) is 0 Å². The number of rotatable bonds is 17. The molecule has 11 nitrogen and oxygen atoms in total. The molecule has 1 aliphatic rings. The average molecular weight is 491 g/mol. The molecule has 3 atom stereocenters. The Labute approximate surface area is 202 Å². The number of aliphatic carboxylic acids is 1. The maximum atomic E-state index is 13.0. The minimum absolute atomic E-state index is 0.0248. The van der Waals surface area contributed by atoms with Crippen LogP contribution in [0.3, 0.4) is 0 Å². The Kier molecular flexibility index (Phi) is 14.2. The summed E-state index contributed by atoms with van der Waals surface area (Å²) in [7, 11) is 0. The number of carboxylic acid groups (broad SMARTS) is 1. The van der Waals surface area contributed by atoms with Crippen LogP contribution in [0.25, 0.3) is 0 Å². The van der Waals surface area contributed by atoms with Crippen LogP contribution in [0.1, 0.15) is 47.0 Å². The van der Waals surface area contributed by atoms with Gasteiger partial charge in [-0.1, -0.05) is 20.8 Å². The number of carbonyl (C=O) groups excluding carboxylic acids is 2. The Morgan fingerprint density at radius 2 is 1.38 bits per heavy atom. The number of nitrogens with zero attached hydrogens (tertiary/aromatic N) is 1. The fraction of sp³-hybridized carbons (Fsp3) is 0.870. The number of likely N-dealkylation sites (tertiary alicyclic amines) is 1. The molecule has 0 aromatic heterocycles. The number of hydrogen-bond acceptors (Lipinski definition) is 8. The standard InChI is InChI=1S/C23H42N2O9/c1-17-15-18(26)16-25(17)22(30)21(23(2,3)4)24-19(27)5-7-31-9-11-33-13-14-34-12-10-32-8-6-20(28)29/h17-18,21,26H,5-16H2,1-4H3,(H,24,27)(H,28,29)/t17-,18-,21-/m1/s1. The maximum Gasteiger partial charge on any atom is 0.305 e. The lowest BCUT2D eigenvalue weighted by atomic mass is 9.85. The molecule has 2 amide bonds. The number of carboxylic acids is 1. The molecule has 0 bridgehead atoms. The third-order valence-corrected chi connectivity index (χ3v) is 5.30. The van der Waals surface area contributed by atoms with Crippen LogP contribution in [0.5, 0.6) is 0 Å². The minimum Gasteiger partial charge on any atom is -0.481 e. The van der Waals surface area contributed by atoms with E-state index in [4.69, 9.17) is 24.1 Å². The Morgan fingerprint density at radius 1 is 0.912 bits per heavy atom. The number of aliphatic hydroxyl groups is 1. The van der Waals surface area contributed by atoms with E-state index in [2.05, 4.69) is 5.32 Å². The highest BCUT2D eigenvalue weighted by Crippen LogP contribution is 2.25. The molecule has 11 heteroatoms. The molecule has 198 valence electrons. The molecule has 0 radical (unpaired) electrons. The van der Waals surface area contributed by atoms with Crippen molar-refractivity contribution < 1.29 is 43.5 Å². The van der Waals surface area contributed by atoms with E-state index < -0.39 is 23.5 Å². The van der Waals surface area contributed by atoms with Crippen molar-refractivity contribution >= 4 is 17.8 Å². The lowest BCUT2D eigenvalue weighted by Crippen LogP contribution is -2.55. The average Bonchev–Trinajstić information content (AvgIpc) is 3.08. The number of nitrogens with one attached hydrogen (secondary N) is 1. The summed E-state index contributed by atoms with van der Waals surface area (Å²) in [6.45, 7) is 10.4. The quantitative estimate of drug-likeness (QED) is 0.247. The monoisotopic (exact) mass is 490 g/mol. The number of ether oxygens (including phenoxy) is 4. The summed E-state index contributed by atoms with van der Waals surface area (Å²) in [5.74, 6) is -1.33. The Bertz CT molecular complexity index is 624. The van der Waals surface area contributed by atoms with E-state index in [1.165, 1.54) is 0 Å². The lowest BCUT2D eigenvalue weighted by Gasteiger charge is -2.35. The van der Waals surface area contributed by atoms with Crippen LogP contribution in [0.4, 0.5) is 0 Å². The first-order valence-corrected chi connectivity index (χ1v) is 11.8. The molecule has 0 unspecified atom stereocenters. The highest BCUT2D eigenvalue weighted by molar-refractivity contribution is 5.88. The van der Waals surface area contributed by atoms with E-state index in [1.807, 2.05) is 27.7 Å². The van der Waals surface area contributed by atoms with Gasteiger partial charge in [-0.05, 0) is 18.8 Å². The van der Waals surface area contributed by atoms with E-state index in [9.17, 15) is 19.5 Å². The van der Waals surface area contributed by atoms with E-state index in [-0.39, 0.29) is 50.5 Å². The summed E-state index contributed by atoms with van der Waals surface area (Å²) in [6.07, 6.45) is 0.120. The zero-order chi connectivity index (χ0) is 25.6. The van der Waals surface area contributed by atoms with Crippen molar-refractivity contribution in [2.24, 2.45) is 5.41 Å². The molecule has 3 N–H and O–H groups in total. The van der Waals surface area contributed by atoms with Crippen LogP contribution in [-0.4, -0.2) is 110 Å². The molecule has 0 spiro atoms. The van der Waals surface area contributed by atoms with Crippen molar-refractivity contribution in [3.63, 3.8) is 0 Å². The normalized spacial score (nSPS) is 19.3. The van der Waals surface area contributed by atoms with E-state index in [1.54, 1.807) is 4.90 Å². The number of amides is 2. The van der Waals surface area contributed by atoms with Gasteiger partial charge in [0.25, 0.3) is 0 Å². The first-order chi connectivity index (χ1) is 16.0. The van der Waals surface area contributed by atoms with E-state index in [0.717, 1.165) is 0 Å². The molecule has 1 fully saturated rings. The van der Waals surface area contributed by atoms with Gasteiger partial charge in [0.05, 0.1) is 65.4 Å². The molecular weight excluding hydrogens is 448 g/mol. The predicted octanol–water partition coefficient (Wildman–Crippen LogP) is 0.430. The second-order valence-electron chi connectivity index (χ2n) is 9.44. The van der Waals surface area contributed by atoms with E-state index in [0.29, 0.717) is 46.1 Å². The van der Waals surface area contributed by atoms with Crippen LogP contribution >= 0.6 is 0 Å². The summed E-state index contributed by atoms with van der Waals surface area (Å²) in [4.78, 5) is 37.4. The van der Waals surface area contributed by atoms with Crippen LogP contribution in [0.2, 0.25) is 0 Å². The first-order valence-electron chi connectivity index (χ1n) is 11.8. The summed E-state index contributed by atoms with van der Waals surface area (Å²) < 4.78 is 21.2. The van der Waals surface area contributed by atoms with Crippen molar-refractivity contribution in [1.29, 1.82) is 0 Å². The van der Waals surface area contributed by atoms with Gasteiger partial charge in [-0.15, -0.1) is 0 Å². The Balaban J connectivity index is 2.12. The van der Waals surface area contributed by atoms with Gasteiger partial charge >= 0.3 is 5.97 Å². The van der Waals surface area contributed by atoms with Gasteiger partial charge in [-0.3, -0.25) is 14.4 Å². The number of hydrogen-bond donors (Lipinski definition) is 3. The van der Waals surface area contributed by atoms with Gasteiger partial charge in [-0.25, -0.2) is 0 Å². The van der Waals surface area contributed by atoms with Crippen LogP contribution < -0.4 is 5.32 Å². The predicted molar refractivity (Wildman–Crippen MR) is 123 cm³/mol. The number of aliphatic hydroxyl groups excluding tert-OH is 1. The third-order valence-electron chi connectivity index (χ3n) is 5.30. The van der Waals surface area contributed by atoms with Gasteiger partial charge in [-0.2, -0.15) is 0 Å². The Hall–Kier alpha value is -1.79. The van der Waals surface area contributed by atoms with Crippen molar-refractivity contribution in [2.45, 2.75) is 65.1 Å². The van der Waals surface area contributed by atoms with E-state index >= 15 is 0 Å². The second kappa shape index (κ2) is 16.0. The highest BCUT2D eigenvalue weighted by Gasteiger charge is 2.40. The van der Waals surface area contributed by atoms with Crippen LogP contribution in [0, 0.1) is 5.41 Å². The summed E-state index contributed by atoms with van der Waals surface area (Å²) in [6, 6.07) is -0.742. The first kappa shape index (κ1) is 30.2. The van der Waals surface area contributed by atoms with Crippen molar-refractivity contribution in [2.75, 3.05) is 59.4 Å². The Morgan fingerprint density at radius 3 is 1.79 bits per heavy atom. The topological polar surface area (TPSA) is 144 Å². The summed E-state index contributed by atoms with van der Waals surface area (Å²) in [5, 5.41) is 21.2. The summed E-state index contributed by atoms with van der Waals surface area (Å²) >= 11 is 0. The molecule has 0 aromatic rings. The third kappa shape index (κ3) is 12.6. The molecule has 34 heavy (non-hydrogen) atoms. The molecule has 0 saturated carbocycles. The van der Waals surface area contributed by atoms with Crippen LogP contribution in [0.15, 0.2) is 0 Å². The minimum atomic E-state index is -0.893. The fourth-order valence-corrected chi connectivity index (χ4v) is 3.44. The van der Waals surface area contributed by atoms with Gasteiger partial charge in [0.15, 0.2) is 0 Å². The molecule has 1 heterocycles. The van der Waals surface area contributed by atoms with Gasteiger partial charge in [0.1, 0.15) is 6.04 Å². The fourth-order valence-electron chi connectivity index (χ4n) is 3.44. The van der Waals surface area contributed by atoms with Gasteiger partial charge < -0.3 is 39.4 Å². The van der Waals surface area contributed by atoms with Gasteiger partial charge in [0, 0.05) is 19.0 Å². The smallest absolute Gasteiger partial charge is 0.305 e. The van der Waals surface area contributed by atoms with Crippen molar-refractivity contribution in [3.8, 4) is 0 Å². The largest absolute Gasteiger partial charge is 0.481 e. The molecule has 0 aromatic carbocycles. The maximum absolute atomic E-state index is 13.0. The van der Waals surface area contributed by atoms with Crippen LogP contribution in [-0.2, 0) is 33.3 Å². The zero-order valence-corrected chi connectivity index (χ0v) is 20.9. The zero-order valence-electron chi connectivity index (χ0n) is 20.9. The molecule has 1 rings (SSSR count). The number of carbonyl (C=O) groups is 3. The highest BCUT2D eigenvalue weighted by atomic mass is 16.6. The summed E-state index contributed by atoms with van der Waals surface area (Å²) in [5.41, 5.74) is -0.471. The van der Waals surface area contributed by atoms with Gasteiger partial charge in [0.2, 0.25) is 11.8 Å². The second-order valence-corrected chi connectivity index (χ2v) is 9.44. The molecule has 1 aliphatic heterocycles.